The van der Waals surface area contributed by atoms with E-state index in [1.54, 1.807) is 0 Å². The summed E-state index contributed by atoms with van der Waals surface area (Å²) in [6, 6.07) is 0. The Balaban J connectivity index is 3.39. The van der Waals surface area contributed by atoms with Gasteiger partial charge in [-0.2, -0.15) is 0 Å². The van der Waals surface area contributed by atoms with Gasteiger partial charge in [0.1, 0.15) is 0 Å². The molecule has 0 aliphatic heterocycles. The lowest BCUT2D eigenvalue weighted by atomic mass is 10.2. The van der Waals surface area contributed by atoms with E-state index in [4.69, 9.17) is 11.6 Å². The van der Waals surface area contributed by atoms with Crippen LogP contribution in [0.2, 0.25) is 0 Å². The van der Waals surface area contributed by atoms with Gasteiger partial charge in [-0.25, -0.2) is 0 Å². The van der Waals surface area contributed by atoms with Gasteiger partial charge in [-0.3, -0.25) is 14.4 Å². The largest absolute Gasteiger partial charge is 0.295 e. The van der Waals surface area contributed by atoms with E-state index in [1.165, 1.54) is 0 Å². The second-order valence-corrected chi connectivity index (χ2v) is 1.86. The van der Waals surface area contributed by atoms with E-state index in [-0.39, 0.29) is 19.1 Å². The molecule has 0 saturated heterocycles. The van der Waals surface area contributed by atoms with Crippen molar-refractivity contribution >= 4 is 28.9 Å². The first-order chi connectivity index (χ1) is 4.16. The number of hydrogen-bond donors (Lipinski definition) is 0. The zero-order valence-corrected chi connectivity index (χ0v) is 5.35. The second-order valence-electron chi connectivity index (χ2n) is 1.44. The number of carbonyl (C=O) groups excluding carboxylic acids is 3. The first-order valence-corrected chi connectivity index (χ1v) is 2.71. The predicted molar refractivity (Wildman–Crippen MR) is 31.2 cm³/mol. The Morgan fingerprint density at radius 2 is 1.89 bits per heavy atom. The standard InChI is InChI=1S/C5H5ClO3/c6-5(9)2-1-4(8)3-7/h3H,1-2H2. The molecule has 0 fully saturated rings. The van der Waals surface area contributed by atoms with Crippen molar-refractivity contribution in [3.8, 4) is 0 Å². The molecule has 50 valence electrons. The van der Waals surface area contributed by atoms with Crippen molar-refractivity contribution < 1.29 is 14.4 Å². The van der Waals surface area contributed by atoms with Gasteiger partial charge in [-0.15, -0.1) is 0 Å². The minimum atomic E-state index is -0.594. The van der Waals surface area contributed by atoms with Crippen LogP contribution in [0.15, 0.2) is 0 Å². The summed E-state index contributed by atoms with van der Waals surface area (Å²) >= 11 is 4.87. The van der Waals surface area contributed by atoms with Crippen LogP contribution in [0.3, 0.4) is 0 Å². The fraction of sp³-hybridized carbons (Fsp3) is 0.400. The molecule has 0 aliphatic rings. The monoisotopic (exact) mass is 148 g/mol. The lowest BCUT2D eigenvalue weighted by Gasteiger charge is -1.84. The van der Waals surface area contributed by atoms with Gasteiger partial charge in [0.05, 0.1) is 0 Å². The molecule has 0 aliphatic carbocycles. The molecular weight excluding hydrogens is 144 g/mol. The van der Waals surface area contributed by atoms with E-state index in [0.717, 1.165) is 0 Å². The van der Waals surface area contributed by atoms with Crippen molar-refractivity contribution in [3.05, 3.63) is 0 Å². The topological polar surface area (TPSA) is 51.2 Å². The van der Waals surface area contributed by atoms with Crippen LogP contribution in [-0.4, -0.2) is 17.3 Å². The van der Waals surface area contributed by atoms with Crippen LogP contribution in [0, 0.1) is 0 Å². The molecule has 0 saturated carbocycles. The van der Waals surface area contributed by atoms with E-state index in [2.05, 4.69) is 0 Å². The van der Waals surface area contributed by atoms with E-state index in [1.807, 2.05) is 0 Å². The highest BCUT2D eigenvalue weighted by molar-refractivity contribution is 6.63. The fourth-order valence-corrected chi connectivity index (χ4v) is 0.375. The Morgan fingerprint density at radius 3 is 2.22 bits per heavy atom. The second kappa shape index (κ2) is 4.21. The van der Waals surface area contributed by atoms with Gasteiger partial charge in [0.2, 0.25) is 5.24 Å². The average Bonchev–Trinajstić information content (AvgIpc) is 1.83. The Hall–Kier alpha value is -0.700. The van der Waals surface area contributed by atoms with Crippen molar-refractivity contribution in [2.24, 2.45) is 0 Å². The highest BCUT2D eigenvalue weighted by Crippen LogP contribution is 1.93. The molecule has 0 unspecified atom stereocenters. The van der Waals surface area contributed by atoms with Gasteiger partial charge in [0.25, 0.3) is 0 Å². The highest BCUT2D eigenvalue weighted by Gasteiger charge is 2.01. The van der Waals surface area contributed by atoms with E-state index in [9.17, 15) is 14.4 Å². The molecule has 0 radical (unpaired) electrons. The van der Waals surface area contributed by atoms with Crippen molar-refractivity contribution in [3.63, 3.8) is 0 Å². The fourth-order valence-electron chi connectivity index (χ4n) is 0.280. The maximum atomic E-state index is 10.1. The number of halogens is 1. The lowest BCUT2D eigenvalue weighted by molar-refractivity contribution is -0.130. The minimum absolute atomic E-state index is 0.0564. The number of ketones is 1. The summed E-state index contributed by atoms with van der Waals surface area (Å²) in [5.41, 5.74) is 0. The Bertz CT molecular complexity index is 141. The average molecular weight is 149 g/mol. The molecule has 0 aromatic rings. The molecule has 9 heavy (non-hydrogen) atoms. The summed E-state index contributed by atoms with van der Waals surface area (Å²) in [6.45, 7) is 0. The van der Waals surface area contributed by atoms with Crippen LogP contribution in [-0.2, 0) is 14.4 Å². The summed E-state index contributed by atoms with van der Waals surface area (Å²) in [5.74, 6) is -0.594. The zero-order chi connectivity index (χ0) is 7.28. The minimum Gasteiger partial charge on any atom is -0.295 e. The van der Waals surface area contributed by atoms with Crippen LogP contribution in [0.4, 0.5) is 0 Å². The number of carbonyl (C=O) groups is 3. The molecule has 0 bridgehead atoms. The van der Waals surface area contributed by atoms with Crippen LogP contribution in [0.5, 0.6) is 0 Å². The van der Waals surface area contributed by atoms with E-state index < -0.39 is 11.0 Å². The molecule has 4 heteroatoms. The SMILES string of the molecule is O=CC(=O)CCC(=O)Cl. The third-order valence-corrected chi connectivity index (χ3v) is 0.888. The van der Waals surface area contributed by atoms with Crippen molar-refractivity contribution in [1.29, 1.82) is 0 Å². The normalized spacial score (nSPS) is 8.56. The van der Waals surface area contributed by atoms with Crippen LogP contribution in [0.25, 0.3) is 0 Å². The summed E-state index contributed by atoms with van der Waals surface area (Å²) in [5, 5.41) is -0.592. The summed E-state index contributed by atoms with van der Waals surface area (Å²) < 4.78 is 0. The number of hydrogen-bond acceptors (Lipinski definition) is 3. The van der Waals surface area contributed by atoms with Gasteiger partial charge >= 0.3 is 0 Å². The highest BCUT2D eigenvalue weighted by atomic mass is 35.5. The Labute approximate surface area is 57.0 Å². The Kier molecular flexibility index (Phi) is 3.88. The predicted octanol–water partition coefficient (Wildman–Crippen LogP) is 0.300. The molecule has 0 heterocycles. The van der Waals surface area contributed by atoms with Crippen LogP contribution >= 0.6 is 11.6 Å². The van der Waals surface area contributed by atoms with E-state index in [0.29, 0.717) is 0 Å². The first kappa shape index (κ1) is 8.30. The lowest BCUT2D eigenvalue weighted by Crippen LogP contribution is -2.00. The summed E-state index contributed by atoms with van der Waals surface area (Å²) in [4.78, 5) is 29.7. The molecule has 0 spiro atoms. The maximum absolute atomic E-state index is 10.1. The maximum Gasteiger partial charge on any atom is 0.222 e. The molecule has 0 rings (SSSR count). The quantitative estimate of drug-likeness (QED) is 0.327. The summed E-state index contributed by atoms with van der Waals surface area (Å²) in [7, 11) is 0. The van der Waals surface area contributed by atoms with Gasteiger partial charge in [0, 0.05) is 12.8 Å². The van der Waals surface area contributed by atoms with Gasteiger partial charge in [-0.05, 0) is 11.6 Å². The molecule has 3 nitrogen and oxygen atoms in total. The van der Waals surface area contributed by atoms with Crippen molar-refractivity contribution in [2.45, 2.75) is 12.8 Å². The van der Waals surface area contributed by atoms with Crippen LogP contribution < -0.4 is 0 Å². The van der Waals surface area contributed by atoms with Gasteiger partial charge in [0.15, 0.2) is 12.1 Å². The van der Waals surface area contributed by atoms with Gasteiger partial charge in [-0.1, -0.05) is 0 Å². The third-order valence-electron chi connectivity index (χ3n) is 0.699. The molecule has 0 aromatic heterocycles. The molecule has 0 aromatic carbocycles. The Morgan fingerprint density at radius 1 is 1.33 bits per heavy atom. The van der Waals surface area contributed by atoms with E-state index >= 15 is 0 Å². The number of Topliss-reactive ketones (excluding diaryl/α,β-unsaturated/α-hetero) is 1. The first-order valence-electron chi connectivity index (χ1n) is 2.33. The molecule has 0 N–H and O–H groups in total. The zero-order valence-electron chi connectivity index (χ0n) is 4.59. The van der Waals surface area contributed by atoms with Gasteiger partial charge < -0.3 is 0 Å². The third kappa shape index (κ3) is 5.17. The number of rotatable bonds is 4. The molecule has 0 atom stereocenters. The van der Waals surface area contributed by atoms with Crippen molar-refractivity contribution in [2.75, 3.05) is 0 Å². The van der Waals surface area contributed by atoms with Crippen molar-refractivity contribution in [1.82, 2.24) is 0 Å². The van der Waals surface area contributed by atoms with Crippen LogP contribution in [0.1, 0.15) is 12.8 Å². The molecule has 0 amide bonds. The number of aldehydes is 1. The summed E-state index contributed by atoms with van der Waals surface area (Å²) in [6.07, 6.45) is 0.0464. The smallest absolute Gasteiger partial charge is 0.222 e. The molecular formula is C5H5ClO3.